The summed E-state index contributed by atoms with van der Waals surface area (Å²) < 4.78 is 0. The summed E-state index contributed by atoms with van der Waals surface area (Å²) >= 11 is 1.17. The van der Waals surface area contributed by atoms with Gasteiger partial charge in [-0.2, -0.15) is 0 Å². The van der Waals surface area contributed by atoms with Crippen molar-refractivity contribution in [3.05, 3.63) is 64.6 Å². The van der Waals surface area contributed by atoms with Gasteiger partial charge in [0, 0.05) is 18.4 Å². The topological polar surface area (TPSA) is 86.7 Å². The molecular weight excluding hydrogens is 400 g/mol. The lowest BCUT2D eigenvalue weighted by Gasteiger charge is -2.16. The molecule has 30 heavy (non-hydrogen) atoms. The molecule has 0 fully saturated rings. The fourth-order valence-electron chi connectivity index (χ4n) is 3.21. The molecule has 0 spiro atoms. The number of amides is 3. The van der Waals surface area contributed by atoms with E-state index in [9.17, 15) is 19.5 Å². The smallest absolute Gasteiger partial charge is 0.272 e. The molecule has 0 radical (unpaired) electrons. The molecule has 0 saturated heterocycles. The quantitative estimate of drug-likeness (QED) is 0.661. The van der Waals surface area contributed by atoms with Gasteiger partial charge in [-0.25, -0.2) is 4.90 Å². The van der Waals surface area contributed by atoms with Crippen molar-refractivity contribution in [3.63, 3.8) is 0 Å². The minimum absolute atomic E-state index is 0.104. The number of rotatable bonds is 7. The van der Waals surface area contributed by atoms with Crippen LogP contribution in [-0.4, -0.2) is 35.2 Å². The number of aliphatic hydroxyl groups excluding tert-OH is 1. The van der Waals surface area contributed by atoms with Gasteiger partial charge in [-0.05, 0) is 41.3 Å². The highest BCUT2D eigenvalue weighted by Crippen LogP contribution is 2.38. The van der Waals surface area contributed by atoms with Gasteiger partial charge in [-0.1, -0.05) is 38.1 Å². The first kappa shape index (κ1) is 21.8. The first-order valence-electron chi connectivity index (χ1n) is 9.68. The number of carbonyl (C=O) groups excluding carboxylic acids is 3. The maximum atomic E-state index is 13.3. The molecule has 0 unspecified atom stereocenters. The molecule has 6 nitrogen and oxygen atoms in total. The predicted molar refractivity (Wildman–Crippen MR) is 120 cm³/mol. The number of hydrogen-bond donors (Lipinski definition) is 2. The van der Waals surface area contributed by atoms with Crippen LogP contribution in [0.25, 0.3) is 5.57 Å². The molecule has 0 atom stereocenters. The minimum Gasteiger partial charge on any atom is -0.396 e. The summed E-state index contributed by atoms with van der Waals surface area (Å²) in [5, 5.41) is 11.9. The van der Waals surface area contributed by atoms with Crippen molar-refractivity contribution < 1.29 is 19.5 Å². The second kappa shape index (κ2) is 9.28. The van der Waals surface area contributed by atoms with Gasteiger partial charge in [0.25, 0.3) is 11.8 Å². The standard InChI is InChI=1S/C23H24N2O4S/c1-14(2)16-6-10-19(11-7-16)25-22(28)20(21(23(25)29)30-13-12-26)17-4-8-18(9-5-17)24-15(3)27/h4-11,14,26H,12-13H2,1-3H3,(H,24,27). The van der Waals surface area contributed by atoms with E-state index in [-0.39, 0.29) is 12.5 Å². The third kappa shape index (κ3) is 4.47. The van der Waals surface area contributed by atoms with E-state index in [4.69, 9.17) is 0 Å². The van der Waals surface area contributed by atoms with Crippen LogP contribution >= 0.6 is 11.8 Å². The van der Waals surface area contributed by atoms with E-state index in [2.05, 4.69) is 19.2 Å². The van der Waals surface area contributed by atoms with Crippen molar-refractivity contribution in [2.45, 2.75) is 26.7 Å². The van der Waals surface area contributed by atoms with Gasteiger partial charge in [0.15, 0.2) is 0 Å². The lowest BCUT2D eigenvalue weighted by molar-refractivity contribution is -0.120. The van der Waals surface area contributed by atoms with Crippen LogP contribution in [0, 0.1) is 0 Å². The van der Waals surface area contributed by atoms with Gasteiger partial charge >= 0.3 is 0 Å². The molecule has 1 aliphatic heterocycles. The third-order valence-electron chi connectivity index (χ3n) is 4.69. The molecule has 0 bridgehead atoms. The zero-order valence-electron chi connectivity index (χ0n) is 17.1. The average molecular weight is 425 g/mol. The monoisotopic (exact) mass is 424 g/mol. The largest absolute Gasteiger partial charge is 0.396 e. The van der Waals surface area contributed by atoms with E-state index in [1.54, 1.807) is 36.4 Å². The Kier molecular flexibility index (Phi) is 6.74. The highest BCUT2D eigenvalue weighted by molar-refractivity contribution is 8.04. The van der Waals surface area contributed by atoms with Crippen molar-refractivity contribution in [1.29, 1.82) is 0 Å². The van der Waals surface area contributed by atoms with E-state index in [0.717, 1.165) is 5.56 Å². The average Bonchev–Trinajstić information content (AvgIpc) is 2.96. The second-order valence-electron chi connectivity index (χ2n) is 7.23. The number of imide groups is 1. The normalized spacial score (nSPS) is 14.1. The van der Waals surface area contributed by atoms with Gasteiger partial charge in [-0.3, -0.25) is 14.4 Å². The van der Waals surface area contributed by atoms with Gasteiger partial charge in [0.2, 0.25) is 5.91 Å². The molecule has 0 saturated carbocycles. The molecule has 1 aliphatic rings. The van der Waals surface area contributed by atoms with E-state index >= 15 is 0 Å². The third-order valence-corrected chi connectivity index (χ3v) is 5.75. The molecule has 2 aromatic carbocycles. The molecule has 3 rings (SSSR count). The maximum Gasteiger partial charge on any atom is 0.272 e. The fraction of sp³-hybridized carbons (Fsp3) is 0.261. The Morgan fingerprint density at radius 1 is 1.03 bits per heavy atom. The number of nitrogens with one attached hydrogen (secondary N) is 1. The predicted octanol–water partition coefficient (Wildman–Crippen LogP) is 3.78. The Morgan fingerprint density at radius 2 is 1.67 bits per heavy atom. The Morgan fingerprint density at radius 3 is 2.20 bits per heavy atom. The van der Waals surface area contributed by atoms with Gasteiger partial charge < -0.3 is 10.4 Å². The van der Waals surface area contributed by atoms with Crippen molar-refractivity contribution in [3.8, 4) is 0 Å². The number of carbonyl (C=O) groups is 3. The first-order valence-corrected chi connectivity index (χ1v) is 10.7. The van der Waals surface area contributed by atoms with Crippen LogP contribution in [0.1, 0.15) is 37.8 Å². The zero-order valence-corrected chi connectivity index (χ0v) is 18.0. The van der Waals surface area contributed by atoms with Crippen molar-refractivity contribution in [2.75, 3.05) is 22.6 Å². The number of nitrogens with zero attached hydrogens (tertiary/aromatic N) is 1. The summed E-state index contributed by atoms with van der Waals surface area (Å²) in [5.41, 5.74) is 3.13. The van der Waals surface area contributed by atoms with Crippen LogP contribution in [0.5, 0.6) is 0 Å². The summed E-state index contributed by atoms with van der Waals surface area (Å²) in [7, 11) is 0. The second-order valence-corrected chi connectivity index (χ2v) is 8.33. The van der Waals surface area contributed by atoms with Crippen LogP contribution < -0.4 is 10.2 Å². The molecule has 156 valence electrons. The summed E-state index contributed by atoms with van der Waals surface area (Å²) in [6, 6.07) is 14.2. The van der Waals surface area contributed by atoms with Crippen LogP contribution in [0.15, 0.2) is 53.4 Å². The molecular formula is C23H24N2O4S. The molecule has 0 aromatic heterocycles. The van der Waals surface area contributed by atoms with Crippen molar-refractivity contribution >= 4 is 46.4 Å². The number of anilines is 2. The summed E-state index contributed by atoms with van der Waals surface area (Å²) in [6.07, 6.45) is 0. The maximum absolute atomic E-state index is 13.3. The molecule has 0 aliphatic carbocycles. The Hall–Kier alpha value is -2.90. The van der Waals surface area contributed by atoms with E-state index < -0.39 is 11.8 Å². The highest BCUT2D eigenvalue weighted by atomic mass is 32.2. The zero-order chi connectivity index (χ0) is 21.8. The van der Waals surface area contributed by atoms with E-state index in [0.29, 0.717) is 39.1 Å². The molecule has 2 aromatic rings. The van der Waals surface area contributed by atoms with Crippen LogP contribution in [0.4, 0.5) is 11.4 Å². The summed E-state index contributed by atoms with van der Waals surface area (Å²) in [6.45, 7) is 5.47. The number of aliphatic hydroxyl groups is 1. The Balaban J connectivity index is 1.98. The number of benzene rings is 2. The highest BCUT2D eigenvalue weighted by Gasteiger charge is 2.40. The lowest BCUT2D eigenvalue weighted by Crippen LogP contribution is -2.31. The van der Waals surface area contributed by atoms with Crippen LogP contribution in [0.3, 0.4) is 0 Å². The van der Waals surface area contributed by atoms with Crippen LogP contribution in [-0.2, 0) is 14.4 Å². The Bertz CT molecular complexity index is 995. The molecule has 2 N–H and O–H groups in total. The van der Waals surface area contributed by atoms with Crippen molar-refractivity contribution in [1.82, 2.24) is 0 Å². The minimum atomic E-state index is -0.398. The molecule has 7 heteroatoms. The molecule has 3 amide bonds. The van der Waals surface area contributed by atoms with E-state index in [1.807, 2.05) is 12.1 Å². The van der Waals surface area contributed by atoms with Gasteiger partial charge in [-0.15, -0.1) is 11.8 Å². The van der Waals surface area contributed by atoms with Crippen molar-refractivity contribution in [2.24, 2.45) is 0 Å². The van der Waals surface area contributed by atoms with Crippen LogP contribution in [0.2, 0.25) is 0 Å². The van der Waals surface area contributed by atoms with Gasteiger partial charge in [0.05, 0.1) is 22.8 Å². The number of hydrogen-bond acceptors (Lipinski definition) is 5. The van der Waals surface area contributed by atoms with E-state index in [1.165, 1.54) is 23.6 Å². The SMILES string of the molecule is CC(=O)Nc1ccc(C2=C(SCCO)C(=O)N(c3ccc(C(C)C)cc3)C2=O)cc1. The molecule has 1 heterocycles. The Labute approximate surface area is 180 Å². The first-order chi connectivity index (χ1) is 14.3. The lowest BCUT2D eigenvalue weighted by atomic mass is 10.0. The fourth-order valence-corrected chi connectivity index (χ4v) is 4.07. The number of thioether (sulfide) groups is 1. The summed E-state index contributed by atoms with van der Waals surface area (Å²) in [5.74, 6) is -0.330. The summed E-state index contributed by atoms with van der Waals surface area (Å²) in [4.78, 5) is 39.1. The van der Waals surface area contributed by atoms with Gasteiger partial charge in [0.1, 0.15) is 0 Å².